The molecule has 6 heteroatoms. The molecule has 0 aromatic heterocycles. The summed E-state index contributed by atoms with van der Waals surface area (Å²) in [5.41, 5.74) is 0. The fourth-order valence-electron chi connectivity index (χ4n) is 1.16. The first-order valence-electron chi connectivity index (χ1n) is 4.51. The smallest absolute Gasteiger partial charge is 0.326 e. The molecule has 0 aromatic rings. The fourth-order valence-corrected chi connectivity index (χ4v) is 1.88. The Hall–Kier alpha value is -0.750. The largest absolute Gasteiger partial charge is 0.480 e. The summed E-state index contributed by atoms with van der Waals surface area (Å²) in [5, 5.41) is 13.8. The van der Waals surface area contributed by atoms with Crippen molar-refractivity contribution < 1.29 is 14.7 Å². The van der Waals surface area contributed by atoms with Crippen molar-refractivity contribution >= 4 is 23.6 Å². The van der Waals surface area contributed by atoms with E-state index in [1.807, 2.05) is 11.8 Å². The maximum absolute atomic E-state index is 10.4. The van der Waals surface area contributed by atoms with Gasteiger partial charge in [-0.25, -0.2) is 4.79 Å². The van der Waals surface area contributed by atoms with Crippen LogP contribution in [0.15, 0.2) is 0 Å². The average molecular weight is 218 g/mol. The Kier molecular flexibility index (Phi) is 4.75. The highest BCUT2D eigenvalue weighted by molar-refractivity contribution is 7.99. The zero-order chi connectivity index (χ0) is 10.4. The lowest BCUT2D eigenvalue weighted by atomic mass is 10.2. The topological polar surface area (TPSA) is 78.4 Å². The van der Waals surface area contributed by atoms with Crippen LogP contribution in [0.5, 0.6) is 0 Å². The normalized spacial score (nSPS) is 25.1. The maximum atomic E-state index is 10.4. The molecule has 0 radical (unpaired) electrons. The first kappa shape index (κ1) is 11.3. The summed E-state index contributed by atoms with van der Waals surface area (Å²) in [6.45, 7) is 1.21. The highest BCUT2D eigenvalue weighted by Crippen LogP contribution is 2.05. The number of thioether (sulfide) groups is 1. The summed E-state index contributed by atoms with van der Waals surface area (Å²) in [6.07, 6.45) is 0.769. The zero-order valence-electron chi connectivity index (χ0n) is 7.78. The standard InChI is InChI=1S/C5H7NO3.C3H7NS/c7-4-2-1-3(6-4)5(8)9;1-2-5-3-4-1/h3H,1-2H2,(H,6,7)(H,8,9);4H,1-3H2/t3-;/m0./s1. The van der Waals surface area contributed by atoms with Crippen molar-refractivity contribution in [2.24, 2.45) is 0 Å². The van der Waals surface area contributed by atoms with E-state index in [1.165, 1.54) is 18.2 Å². The fraction of sp³-hybridized carbons (Fsp3) is 0.750. The second kappa shape index (κ2) is 5.87. The van der Waals surface area contributed by atoms with E-state index in [-0.39, 0.29) is 5.91 Å². The summed E-state index contributed by atoms with van der Waals surface area (Å²) < 4.78 is 0. The van der Waals surface area contributed by atoms with Gasteiger partial charge in [-0.15, -0.1) is 11.8 Å². The Bertz CT molecular complexity index is 211. The molecule has 0 bridgehead atoms. The number of carboxylic acids is 1. The number of amides is 1. The number of rotatable bonds is 1. The molecule has 80 valence electrons. The molecule has 2 aliphatic rings. The quantitative estimate of drug-likeness (QED) is 0.559. The van der Waals surface area contributed by atoms with Crippen LogP contribution < -0.4 is 10.6 Å². The van der Waals surface area contributed by atoms with Gasteiger partial charge in [0, 0.05) is 24.6 Å². The zero-order valence-corrected chi connectivity index (χ0v) is 8.60. The van der Waals surface area contributed by atoms with Crippen molar-refractivity contribution in [1.29, 1.82) is 0 Å². The SMILES string of the molecule is C1CSCN1.O=C1CC[C@@H](C(=O)O)N1. The molecule has 0 aromatic carbocycles. The van der Waals surface area contributed by atoms with Gasteiger partial charge in [-0.2, -0.15) is 0 Å². The van der Waals surface area contributed by atoms with Gasteiger partial charge < -0.3 is 15.7 Å². The van der Waals surface area contributed by atoms with E-state index < -0.39 is 12.0 Å². The Labute approximate surface area is 86.6 Å². The molecule has 5 nitrogen and oxygen atoms in total. The predicted octanol–water partition coefficient (Wildman–Crippen LogP) is -0.370. The minimum absolute atomic E-state index is 0.164. The van der Waals surface area contributed by atoms with Gasteiger partial charge in [0.25, 0.3) is 0 Å². The van der Waals surface area contributed by atoms with Crippen LogP contribution in [0.4, 0.5) is 0 Å². The minimum Gasteiger partial charge on any atom is -0.480 e. The molecule has 2 heterocycles. The van der Waals surface area contributed by atoms with Gasteiger partial charge in [-0.1, -0.05) is 0 Å². The number of carbonyl (C=O) groups excluding carboxylic acids is 1. The third kappa shape index (κ3) is 3.97. The van der Waals surface area contributed by atoms with Crippen molar-refractivity contribution in [3.05, 3.63) is 0 Å². The molecular formula is C8H14N2O3S. The molecular weight excluding hydrogens is 204 g/mol. The predicted molar refractivity (Wildman–Crippen MR) is 54.1 cm³/mol. The third-order valence-corrected chi connectivity index (χ3v) is 2.82. The number of hydrogen-bond donors (Lipinski definition) is 3. The Morgan fingerprint density at radius 1 is 1.57 bits per heavy atom. The van der Waals surface area contributed by atoms with Crippen molar-refractivity contribution in [2.75, 3.05) is 18.2 Å². The number of carbonyl (C=O) groups is 2. The van der Waals surface area contributed by atoms with Gasteiger partial charge in [-0.05, 0) is 6.42 Å². The molecule has 0 spiro atoms. The highest BCUT2D eigenvalue weighted by Gasteiger charge is 2.26. The number of hydrogen-bond acceptors (Lipinski definition) is 4. The van der Waals surface area contributed by atoms with Crippen molar-refractivity contribution in [3.8, 4) is 0 Å². The molecule has 2 rings (SSSR count). The monoisotopic (exact) mass is 218 g/mol. The summed E-state index contributed by atoms with van der Waals surface area (Å²) >= 11 is 1.96. The molecule has 0 aliphatic carbocycles. The van der Waals surface area contributed by atoms with Crippen LogP contribution in [-0.2, 0) is 9.59 Å². The first-order chi connectivity index (χ1) is 6.70. The van der Waals surface area contributed by atoms with E-state index in [2.05, 4.69) is 10.6 Å². The van der Waals surface area contributed by atoms with E-state index >= 15 is 0 Å². The van der Waals surface area contributed by atoms with Crippen LogP contribution in [0.3, 0.4) is 0 Å². The molecule has 2 fully saturated rings. The average Bonchev–Trinajstić information content (AvgIpc) is 2.74. The molecule has 2 aliphatic heterocycles. The summed E-state index contributed by atoms with van der Waals surface area (Å²) in [4.78, 5) is 20.5. The second-order valence-electron chi connectivity index (χ2n) is 3.05. The Morgan fingerprint density at radius 3 is 2.57 bits per heavy atom. The summed E-state index contributed by atoms with van der Waals surface area (Å²) in [7, 11) is 0. The van der Waals surface area contributed by atoms with Crippen molar-refractivity contribution in [2.45, 2.75) is 18.9 Å². The van der Waals surface area contributed by atoms with Crippen LogP contribution in [-0.4, -0.2) is 41.2 Å². The lowest BCUT2D eigenvalue weighted by molar-refractivity contribution is -0.140. The lowest BCUT2D eigenvalue weighted by Crippen LogP contribution is -2.32. The van der Waals surface area contributed by atoms with E-state index in [4.69, 9.17) is 5.11 Å². The highest BCUT2D eigenvalue weighted by atomic mass is 32.2. The van der Waals surface area contributed by atoms with Crippen LogP contribution in [0.2, 0.25) is 0 Å². The van der Waals surface area contributed by atoms with Crippen LogP contribution in [0.1, 0.15) is 12.8 Å². The van der Waals surface area contributed by atoms with Gasteiger partial charge in [0.1, 0.15) is 6.04 Å². The second-order valence-corrected chi connectivity index (χ2v) is 4.15. The minimum atomic E-state index is -0.944. The summed E-state index contributed by atoms with van der Waals surface area (Å²) in [6, 6.07) is -0.641. The Balaban J connectivity index is 0.000000165. The van der Waals surface area contributed by atoms with Gasteiger partial charge in [0.05, 0.1) is 0 Å². The molecule has 1 amide bonds. The van der Waals surface area contributed by atoms with Gasteiger partial charge >= 0.3 is 5.97 Å². The molecule has 2 saturated heterocycles. The van der Waals surface area contributed by atoms with Gasteiger partial charge in [0.2, 0.25) is 5.91 Å². The Morgan fingerprint density at radius 2 is 2.36 bits per heavy atom. The van der Waals surface area contributed by atoms with Gasteiger partial charge in [-0.3, -0.25) is 4.79 Å². The number of carboxylic acid groups (broad SMARTS) is 1. The maximum Gasteiger partial charge on any atom is 0.326 e. The van der Waals surface area contributed by atoms with Gasteiger partial charge in [0.15, 0.2) is 0 Å². The number of aliphatic carboxylic acids is 1. The first-order valence-corrected chi connectivity index (χ1v) is 5.66. The third-order valence-electron chi connectivity index (χ3n) is 1.92. The van der Waals surface area contributed by atoms with E-state index in [9.17, 15) is 9.59 Å². The van der Waals surface area contributed by atoms with Crippen molar-refractivity contribution in [3.63, 3.8) is 0 Å². The van der Waals surface area contributed by atoms with E-state index in [0.29, 0.717) is 12.8 Å². The van der Waals surface area contributed by atoms with Crippen LogP contribution >= 0.6 is 11.8 Å². The number of nitrogens with one attached hydrogen (secondary N) is 2. The van der Waals surface area contributed by atoms with E-state index in [1.54, 1.807) is 0 Å². The van der Waals surface area contributed by atoms with Crippen molar-refractivity contribution in [1.82, 2.24) is 10.6 Å². The van der Waals surface area contributed by atoms with Crippen LogP contribution in [0, 0.1) is 0 Å². The van der Waals surface area contributed by atoms with E-state index in [0.717, 1.165) is 0 Å². The molecule has 0 unspecified atom stereocenters. The molecule has 1 atom stereocenters. The van der Waals surface area contributed by atoms with Crippen LogP contribution in [0.25, 0.3) is 0 Å². The lowest BCUT2D eigenvalue weighted by Gasteiger charge is -1.99. The molecule has 14 heavy (non-hydrogen) atoms. The summed E-state index contributed by atoms with van der Waals surface area (Å²) in [5.74, 6) is 1.36. The molecule has 0 saturated carbocycles. The molecule has 3 N–H and O–H groups in total.